The second kappa shape index (κ2) is 6.52. The fourth-order valence-electron chi connectivity index (χ4n) is 1.98. The number of nitrogens with zero attached hydrogens (tertiary/aromatic N) is 4. The van der Waals surface area contributed by atoms with Crippen molar-refractivity contribution in [3.05, 3.63) is 40.8 Å². The topological polar surface area (TPSA) is 75.6 Å². The zero-order valence-corrected chi connectivity index (χ0v) is 14.0. The minimum atomic E-state index is 0.226. The van der Waals surface area contributed by atoms with Crippen LogP contribution in [-0.4, -0.2) is 26.0 Å². The lowest BCUT2D eigenvalue weighted by Crippen LogP contribution is -2.12. The Labute approximate surface area is 143 Å². The normalized spacial score (nSPS) is 11.0. The van der Waals surface area contributed by atoms with Gasteiger partial charge in [-0.3, -0.25) is 0 Å². The van der Waals surface area contributed by atoms with E-state index in [9.17, 15) is 0 Å². The van der Waals surface area contributed by atoms with Crippen LogP contribution in [0.5, 0.6) is 0 Å². The molecular weight excluding hydrogens is 335 g/mol. The maximum atomic E-state index is 6.04. The second-order valence-electron chi connectivity index (χ2n) is 5.20. The number of rotatable bonds is 4. The van der Waals surface area contributed by atoms with E-state index in [-0.39, 0.29) is 6.04 Å². The van der Waals surface area contributed by atoms with Gasteiger partial charge in [-0.25, -0.2) is 19.9 Å². The van der Waals surface area contributed by atoms with E-state index in [4.69, 9.17) is 23.2 Å². The van der Waals surface area contributed by atoms with Gasteiger partial charge in [0.15, 0.2) is 5.82 Å². The molecule has 0 amide bonds. The van der Waals surface area contributed by atoms with Crippen molar-refractivity contribution in [2.45, 2.75) is 19.9 Å². The highest BCUT2D eigenvalue weighted by atomic mass is 35.5. The van der Waals surface area contributed by atoms with Gasteiger partial charge in [-0.15, -0.1) is 0 Å². The molecule has 2 aromatic heterocycles. The molecule has 3 rings (SSSR count). The van der Waals surface area contributed by atoms with E-state index in [1.807, 2.05) is 19.9 Å². The van der Waals surface area contributed by atoms with Crippen LogP contribution >= 0.6 is 23.2 Å². The third-order valence-electron chi connectivity index (χ3n) is 2.98. The van der Waals surface area contributed by atoms with Gasteiger partial charge in [0.1, 0.15) is 17.4 Å². The minimum absolute atomic E-state index is 0.226. The van der Waals surface area contributed by atoms with Crippen molar-refractivity contribution < 1.29 is 0 Å². The zero-order valence-electron chi connectivity index (χ0n) is 12.5. The van der Waals surface area contributed by atoms with Gasteiger partial charge in [-0.05, 0) is 32.0 Å². The number of fused-ring (bicyclic) bond motifs is 1. The Morgan fingerprint density at radius 3 is 2.61 bits per heavy atom. The van der Waals surface area contributed by atoms with Crippen LogP contribution in [-0.2, 0) is 0 Å². The summed E-state index contributed by atoms with van der Waals surface area (Å²) in [5.41, 5.74) is 2.03. The molecule has 0 spiro atoms. The molecule has 0 aliphatic carbocycles. The average Bonchev–Trinajstić information content (AvgIpc) is 2.51. The summed E-state index contributed by atoms with van der Waals surface area (Å²) >= 11 is 12.0. The quantitative estimate of drug-likeness (QED) is 0.732. The Morgan fingerprint density at radius 1 is 1.04 bits per heavy atom. The molecule has 0 radical (unpaired) electrons. The smallest absolute Gasteiger partial charge is 0.223 e. The summed E-state index contributed by atoms with van der Waals surface area (Å²) < 4.78 is 0. The summed E-state index contributed by atoms with van der Waals surface area (Å²) in [6.45, 7) is 4.04. The predicted octanol–water partition coefficient (Wildman–Crippen LogP) is 4.29. The molecule has 6 nitrogen and oxygen atoms in total. The molecule has 2 heterocycles. The number of anilines is 3. The number of aromatic nitrogens is 4. The molecule has 0 saturated carbocycles. The third kappa shape index (κ3) is 3.60. The minimum Gasteiger partial charge on any atom is -0.352 e. The van der Waals surface area contributed by atoms with Gasteiger partial charge >= 0.3 is 0 Å². The van der Waals surface area contributed by atoms with Crippen LogP contribution in [0.3, 0.4) is 0 Å². The van der Waals surface area contributed by atoms with Gasteiger partial charge in [0.05, 0.1) is 16.2 Å². The lowest BCUT2D eigenvalue weighted by Gasteiger charge is -2.11. The molecule has 3 aromatic rings. The van der Waals surface area contributed by atoms with Crippen molar-refractivity contribution in [1.29, 1.82) is 0 Å². The third-order valence-corrected chi connectivity index (χ3v) is 3.72. The molecule has 0 atom stereocenters. The standard InChI is InChI=1S/C15H14Cl2N6/c1-8(2)21-15-18-6-12-13(23-15)14(20-7-19-12)22-9-3-4-10(16)11(17)5-9/h3-8H,1-2H3,(H,18,21,23)(H,19,20,22). The summed E-state index contributed by atoms with van der Waals surface area (Å²) in [4.78, 5) is 17.2. The molecule has 0 fully saturated rings. The summed E-state index contributed by atoms with van der Waals surface area (Å²) in [6, 6.07) is 5.49. The van der Waals surface area contributed by atoms with Gasteiger partial charge in [0, 0.05) is 11.7 Å². The Bertz CT molecular complexity index is 852. The van der Waals surface area contributed by atoms with Gasteiger partial charge in [-0.2, -0.15) is 0 Å². The Hall–Kier alpha value is -2.18. The average molecular weight is 349 g/mol. The molecule has 0 unspecified atom stereocenters. The van der Waals surface area contributed by atoms with Gasteiger partial charge < -0.3 is 10.6 Å². The summed E-state index contributed by atoms with van der Waals surface area (Å²) in [7, 11) is 0. The first-order valence-electron chi connectivity index (χ1n) is 6.99. The highest BCUT2D eigenvalue weighted by Gasteiger charge is 2.09. The second-order valence-corrected chi connectivity index (χ2v) is 6.02. The largest absolute Gasteiger partial charge is 0.352 e. The van der Waals surface area contributed by atoms with Crippen LogP contribution in [0.25, 0.3) is 11.0 Å². The number of hydrogen-bond acceptors (Lipinski definition) is 6. The van der Waals surface area contributed by atoms with E-state index in [1.54, 1.807) is 18.3 Å². The number of halogens is 2. The lowest BCUT2D eigenvalue weighted by atomic mass is 10.3. The molecular formula is C15H14Cl2N6. The zero-order chi connectivity index (χ0) is 16.4. The number of hydrogen-bond donors (Lipinski definition) is 2. The molecule has 0 saturated heterocycles. The number of nitrogens with one attached hydrogen (secondary N) is 2. The SMILES string of the molecule is CC(C)Nc1ncc2ncnc(Nc3ccc(Cl)c(Cl)c3)c2n1. The highest BCUT2D eigenvalue weighted by Crippen LogP contribution is 2.28. The maximum Gasteiger partial charge on any atom is 0.223 e. The maximum absolute atomic E-state index is 6.04. The van der Waals surface area contributed by atoms with Crippen molar-refractivity contribution >= 4 is 51.7 Å². The molecule has 23 heavy (non-hydrogen) atoms. The predicted molar refractivity (Wildman–Crippen MR) is 93.6 cm³/mol. The summed E-state index contributed by atoms with van der Waals surface area (Å²) in [5.74, 6) is 1.10. The van der Waals surface area contributed by atoms with E-state index in [2.05, 4.69) is 30.6 Å². The first kappa shape index (κ1) is 15.7. The van der Waals surface area contributed by atoms with E-state index >= 15 is 0 Å². The molecule has 118 valence electrons. The Balaban J connectivity index is 2.00. The van der Waals surface area contributed by atoms with Crippen LogP contribution in [0.2, 0.25) is 10.0 Å². The van der Waals surface area contributed by atoms with Crippen LogP contribution in [0, 0.1) is 0 Å². The molecule has 2 N–H and O–H groups in total. The van der Waals surface area contributed by atoms with Gasteiger partial charge in [0.2, 0.25) is 5.95 Å². The first-order valence-corrected chi connectivity index (χ1v) is 7.75. The highest BCUT2D eigenvalue weighted by molar-refractivity contribution is 6.42. The Morgan fingerprint density at radius 2 is 1.87 bits per heavy atom. The van der Waals surface area contributed by atoms with Gasteiger partial charge in [0.25, 0.3) is 0 Å². The lowest BCUT2D eigenvalue weighted by molar-refractivity contribution is 0.877. The van der Waals surface area contributed by atoms with Crippen LogP contribution in [0.1, 0.15) is 13.8 Å². The van der Waals surface area contributed by atoms with Crippen molar-refractivity contribution in [2.75, 3.05) is 10.6 Å². The molecule has 8 heteroatoms. The fraction of sp³-hybridized carbons (Fsp3) is 0.200. The molecule has 0 aliphatic heterocycles. The van der Waals surface area contributed by atoms with E-state index < -0.39 is 0 Å². The van der Waals surface area contributed by atoms with Crippen molar-refractivity contribution in [3.63, 3.8) is 0 Å². The monoisotopic (exact) mass is 348 g/mol. The van der Waals surface area contributed by atoms with E-state index in [0.29, 0.717) is 32.8 Å². The fourth-order valence-corrected chi connectivity index (χ4v) is 2.28. The summed E-state index contributed by atoms with van der Waals surface area (Å²) in [6.07, 6.45) is 3.12. The molecule has 0 bridgehead atoms. The summed E-state index contributed by atoms with van der Waals surface area (Å²) in [5, 5.41) is 7.30. The van der Waals surface area contributed by atoms with Crippen LogP contribution in [0.15, 0.2) is 30.7 Å². The van der Waals surface area contributed by atoms with E-state index in [1.165, 1.54) is 6.33 Å². The van der Waals surface area contributed by atoms with Crippen LogP contribution < -0.4 is 10.6 Å². The van der Waals surface area contributed by atoms with Crippen molar-refractivity contribution in [1.82, 2.24) is 19.9 Å². The van der Waals surface area contributed by atoms with Crippen molar-refractivity contribution in [3.8, 4) is 0 Å². The Kier molecular flexibility index (Phi) is 4.45. The van der Waals surface area contributed by atoms with E-state index in [0.717, 1.165) is 5.69 Å². The number of benzene rings is 1. The van der Waals surface area contributed by atoms with Crippen molar-refractivity contribution in [2.24, 2.45) is 0 Å². The molecule has 0 aliphatic rings. The first-order chi connectivity index (χ1) is 11.0. The molecule has 1 aromatic carbocycles. The van der Waals surface area contributed by atoms with Crippen LogP contribution in [0.4, 0.5) is 17.5 Å². The van der Waals surface area contributed by atoms with Gasteiger partial charge in [-0.1, -0.05) is 23.2 Å².